The summed E-state index contributed by atoms with van der Waals surface area (Å²) in [6.07, 6.45) is 8.41. The van der Waals surface area contributed by atoms with Gasteiger partial charge >= 0.3 is 0 Å². The van der Waals surface area contributed by atoms with Crippen molar-refractivity contribution in [3.63, 3.8) is 0 Å². The molecule has 0 N–H and O–H groups in total. The van der Waals surface area contributed by atoms with Crippen LogP contribution in [0.1, 0.15) is 27.8 Å². The summed E-state index contributed by atoms with van der Waals surface area (Å²) in [6.45, 7) is 4.41. The van der Waals surface area contributed by atoms with Gasteiger partial charge in [0, 0.05) is 33.7 Å². The lowest BCUT2D eigenvalue weighted by atomic mass is 9.67. The van der Waals surface area contributed by atoms with Crippen LogP contribution in [-0.4, -0.2) is 0 Å². The standard InChI is InChI=1S/C65H46N2/c1-2-50(30-19-23-46-21-7-3-8-22-46)66(53-41-42-56-55-31-15-17-34-60(55)65(61(56)45-53,48-24-9-4-10-25-48)49-26-11-5-12-27-49)52-39-37-47(38-40-52)54-43-44-59-57-32-16-18-35-62(57)67(51-28-13-6-14-29-51)63-36-20-33-58(54)64(59)63/h2-45H,1H2/b23-19+,50-30+. The number of nitrogens with zero attached hydrogens (tertiary/aromatic N) is 2. The molecule has 0 saturated heterocycles. The zero-order valence-electron chi connectivity index (χ0n) is 37.0. The number of para-hydroxylation sites is 2. The summed E-state index contributed by atoms with van der Waals surface area (Å²) >= 11 is 0. The first-order valence-electron chi connectivity index (χ1n) is 23.0. The van der Waals surface area contributed by atoms with E-state index in [1.165, 1.54) is 72.2 Å². The number of hydrogen-bond acceptors (Lipinski definition) is 2. The zero-order valence-corrected chi connectivity index (χ0v) is 37.0. The van der Waals surface area contributed by atoms with Crippen molar-refractivity contribution < 1.29 is 0 Å². The first-order chi connectivity index (χ1) is 33.2. The fraction of sp³-hybridized carbons (Fsp3) is 0.0154. The van der Waals surface area contributed by atoms with Crippen LogP contribution in [0.3, 0.4) is 0 Å². The van der Waals surface area contributed by atoms with Crippen LogP contribution >= 0.6 is 0 Å². The van der Waals surface area contributed by atoms with E-state index in [1.54, 1.807) is 0 Å². The number of anilines is 5. The SMILES string of the molecule is C=C/C(=C\C=C\c1ccccc1)N(c1ccc(-c2ccc3c4c(cccc24)N(c2ccccc2)c2ccccc2-3)cc1)c1ccc2c(c1)C(c1ccccc1)(c1ccccc1)c1ccccc1-2. The fourth-order valence-corrected chi connectivity index (χ4v) is 10.8. The van der Waals surface area contributed by atoms with Crippen molar-refractivity contribution in [3.05, 3.63) is 301 Å². The van der Waals surface area contributed by atoms with Crippen LogP contribution in [0, 0.1) is 0 Å². The molecule has 0 spiro atoms. The van der Waals surface area contributed by atoms with Crippen molar-refractivity contribution >= 4 is 45.3 Å². The highest BCUT2D eigenvalue weighted by Crippen LogP contribution is 2.57. The second kappa shape index (κ2) is 16.7. The number of benzene rings is 10. The number of rotatable bonds is 10. The van der Waals surface area contributed by atoms with Crippen LogP contribution in [0.25, 0.3) is 50.2 Å². The Morgan fingerprint density at radius 1 is 0.448 bits per heavy atom. The highest BCUT2D eigenvalue weighted by Gasteiger charge is 2.46. The Morgan fingerprint density at radius 2 is 1.01 bits per heavy atom. The van der Waals surface area contributed by atoms with E-state index in [9.17, 15) is 0 Å². The van der Waals surface area contributed by atoms with E-state index in [1.807, 2.05) is 12.1 Å². The molecule has 0 aromatic heterocycles. The van der Waals surface area contributed by atoms with Crippen LogP contribution < -0.4 is 9.80 Å². The molecule has 1 heterocycles. The molecule has 316 valence electrons. The molecular weight excluding hydrogens is 809 g/mol. The first kappa shape index (κ1) is 39.8. The van der Waals surface area contributed by atoms with Gasteiger partial charge in [-0.3, -0.25) is 0 Å². The van der Waals surface area contributed by atoms with Crippen molar-refractivity contribution in [2.75, 3.05) is 9.80 Å². The van der Waals surface area contributed by atoms with E-state index in [2.05, 4.69) is 271 Å². The van der Waals surface area contributed by atoms with Crippen molar-refractivity contribution in [2.24, 2.45) is 0 Å². The molecule has 0 saturated carbocycles. The molecule has 0 unspecified atom stereocenters. The summed E-state index contributed by atoms with van der Waals surface area (Å²) in [5.41, 5.74) is 19.5. The van der Waals surface area contributed by atoms with Crippen LogP contribution in [0.4, 0.5) is 28.4 Å². The van der Waals surface area contributed by atoms with Gasteiger partial charge in [0.05, 0.1) is 16.8 Å². The number of fused-ring (bicyclic) bond motifs is 5. The van der Waals surface area contributed by atoms with Gasteiger partial charge < -0.3 is 9.80 Å². The molecule has 1 aliphatic heterocycles. The molecular formula is C65H46N2. The lowest BCUT2D eigenvalue weighted by Gasteiger charge is -2.35. The van der Waals surface area contributed by atoms with Crippen molar-refractivity contribution in [3.8, 4) is 33.4 Å². The van der Waals surface area contributed by atoms with Gasteiger partial charge in [0.1, 0.15) is 0 Å². The third kappa shape index (κ3) is 6.57. The molecule has 0 radical (unpaired) electrons. The molecule has 0 fully saturated rings. The van der Waals surface area contributed by atoms with Gasteiger partial charge in [-0.15, -0.1) is 0 Å². The van der Waals surface area contributed by atoms with Gasteiger partial charge in [-0.25, -0.2) is 0 Å². The lowest BCUT2D eigenvalue weighted by molar-refractivity contribution is 0.768. The summed E-state index contributed by atoms with van der Waals surface area (Å²) in [4.78, 5) is 4.76. The van der Waals surface area contributed by atoms with Crippen molar-refractivity contribution in [1.82, 2.24) is 0 Å². The third-order valence-corrected chi connectivity index (χ3v) is 13.7. The summed E-state index contributed by atoms with van der Waals surface area (Å²) in [6, 6.07) is 88.3. The van der Waals surface area contributed by atoms with Crippen LogP contribution in [0.2, 0.25) is 0 Å². The Bertz CT molecular complexity index is 3480. The Kier molecular flexibility index (Phi) is 9.92. The van der Waals surface area contributed by atoms with Crippen LogP contribution in [0.15, 0.2) is 273 Å². The minimum absolute atomic E-state index is 0.531. The Balaban J connectivity index is 1.02. The van der Waals surface area contributed by atoms with Gasteiger partial charge in [-0.2, -0.15) is 0 Å². The summed E-state index contributed by atoms with van der Waals surface area (Å²) in [5, 5.41) is 2.49. The maximum atomic E-state index is 4.41. The van der Waals surface area contributed by atoms with E-state index in [0.29, 0.717) is 0 Å². The van der Waals surface area contributed by atoms with E-state index in [0.717, 1.165) is 33.9 Å². The number of allylic oxidation sites excluding steroid dienone is 3. The second-order valence-electron chi connectivity index (χ2n) is 17.3. The van der Waals surface area contributed by atoms with Gasteiger partial charge in [0.25, 0.3) is 0 Å². The van der Waals surface area contributed by atoms with Gasteiger partial charge in [0.15, 0.2) is 0 Å². The van der Waals surface area contributed by atoms with Crippen LogP contribution in [-0.2, 0) is 5.41 Å². The summed E-state index contributed by atoms with van der Waals surface area (Å²) < 4.78 is 0. The topological polar surface area (TPSA) is 6.48 Å². The minimum atomic E-state index is -0.531. The molecule has 0 amide bonds. The second-order valence-corrected chi connectivity index (χ2v) is 17.3. The van der Waals surface area contributed by atoms with Gasteiger partial charge in [-0.1, -0.05) is 213 Å². The average molecular weight is 855 g/mol. The summed E-state index contributed by atoms with van der Waals surface area (Å²) in [5.74, 6) is 0. The molecule has 2 aliphatic rings. The molecule has 10 aromatic carbocycles. The molecule has 12 rings (SSSR count). The Morgan fingerprint density at radius 3 is 1.73 bits per heavy atom. The largest absolute Gasteiger partial charge is 0.311 e. The van der Waals surface area contributed by atoms with Crippen molar-refractivity contribution in [1.29, 1.82) is 0 Å². The Labute approximate surface area is 393 Å². The third-order valence-electron chi connectivity index (χ3n) is 13.7. The van der Waals surface area contributed by atoms with E-state index < -0.39 is 5.41 Å². The maximum Gasteiger partial charge on any atom is 0.0714 e. The molecule has 0 bridgehead atoms. The first-order valence-corrected chi connectivity index (χ1v) is 23.0. The fourth-order valence-electron chi connectivity index (χ4n) is 10.8. The van der Waals surface area contributed by atoms with E-state index in [-0.39, 0.29) is 0 Å². The van der Waals surface area contributed by atoms with E-state index >= 15 is 0 Å². The normalized spacial score (nSPS) is 13.3. The average Bonchev–Trinajstić information content (AvgIpc) is 3.70. The van der Waals surface area contributed by atoms with Crippen LogP contribution in [0.5, 0.6) is 0 Å². The minimum Gasteiger partial charge on any atom is -0.311 e. The molecule has 1 aliphatic carbocycles. The quantitative estimate of drug-likeness (QED) is 0.126. The van der Waals surface area contributed by atoms with Gasteiger partial charge in [0.2, 0.25) is 0 Å². The molecule has 67 heavy (non-hydrogen) atoms. The highest BCUT2D eigenvalue weighted by molar-refractivity contribution is 6.17. The number of hydrogen-bond donors (Lipinski definition) is 0. The smallest absolute Gasteiger partial charge is 0.0714 e. The van der Waals surface area contributed by atoms with Crippen molar-refractivity contribution in [2.45, 2.75) is 5.41 Å². The summed E-state index contributed by atoms with van der Waals surface area (Å²) in [7, 11) is 0. The predicted octanol–water partition coefficient (Wildman–Crippen LogP) is 17.2. The molecule has 2 heteroatoms. The molecule has 2 nitrogen and oxygen atoms in total. The lowest BCUT2D eigenvalue weighted by Crippen LogP contribution is -2.28. The van der Waals surface area contributed by atoms with E-state index in [4.69, 9.17) is 0 Å². The van der Waals surface area contributed by atoms with Gasteiger partial charge in [-0.05, 0) is 122 Å². The zero-order chi connectivity index (χ0) is 44.7. The molecule has 0 atom stereocenters. The highest BCUT2D eigenvalue weighted by atomic mass is 15.2. The Hall–Kier alpha value is -8.72. The predicted molar refractivity (Wildman–Crippen MR) is 283 cm³/mol. The maximum absolute atomic E-state index is 4.41. The monoisotopic (exact) mass is 854 g/mol. The molecule has 10 aromatic rings.